The maximum absolute atomic E-state index is 13.2. The van der Waals surface area contributed by atoms with Crippen molar-refractivity contribution < 1.29 is 12.8 Å². The zero-order chi connectivity index (χ0) is 14.3. The van der Waals surface area contributed by atoms with E-state index in [0.29, 0.717) is 12.1 Å². The van der Waals surface area contributed by atoms with Crippen molar-refractivity contribution in [1.29, 1.82) is 0 Å². The average Bonchev–Trinajstić information content (AvgIpc) is 2.63. The zero-order valence-electron chi connectivity index (χ0n) is 11.9. The first-order chi connectivity index (χ1) is 9.50. The molecule has 0 radical (unpaired) electrons. The molecule has 0 aliphatic carbocycles. The maximum atomic E-state index is 13.2. The Morgan fingerprint density at radius 3 is 2.67 bits per heavy atom. The van der Waals surface area contributed by atoms with E-state index in [1.165, 1.54) is 18.2 Å². The van der Waals surface area contributed by atoms with E-state index in [1.807, 2.05) is 0 Å². The molecule has 21 heavy (non-hydrogen) atoms. The van der Waals surface area contributed by atoms with Crippen LogP contribution >= 0.6 is 12.4 Å². The van der Waals surface area contributed by atoms with Crippen LogP contribution in [-0.2, 0) is 10.0 Å². The molecule has 0 spiro atoms. The van der Waals surface area contributed by atoms with Crippen LogP contribution in [0.3, 0.4) is 0 Å². The number of hydrogen-bond acceptors (Lipinski definition) is 3. The number of benzene rings is 1. The van der Waals surface area contributed by atoms with Gasteiger partial charge >= 0.3 is 0 Å². The van der Waals surface area contributed by atoms with E-state index in [1.54, 1.807) is 11.2 Å². The molecule has 1 N–H and O–H groups in total. The van der Waals surface area contributed by atoms with Crippen LogP contribution in [0.15, 0.2) is 23.1 Å². The minimum Gasteiger partial charge on any atom is -0.315 e. The third-order valence-corrected chi connectivity index (χ3v) is 6.44. The summed E-state index contributed by atoms with van der Waals surface area (Å²) in [6.45, 7) is 3.21. The van der Waals surface area contributed by atoms with E-state index in [-0.39, 0.29) is 29.4 Å². The van der Waals surface area contributed by atoms with E-state index in [2.05, 4.69) is 5.32 Å². The fraction of sp³-hybridized carbons (Fsp3) is 0.571. The Balaban J connectivity index is 0.00000161. The Morgan fingerprint density at radius 1 is 1.24 bits per heavy atom. The fourth-order valence-electron chi connectivity index (χ4n) is 3.35. The van der Waals surface area contributed by atoms with E-state index in [0.717, 1.165) is 25.8 Å². The number of fused-ring (bicyclic) bond motifs is 2. The van der Waals surface area contributed by atoms with Crippen molar-refractivity contribution in [3.05, 3.63) is 29.6 Å². The Hall–Kier alpha value is -0.690. The van der Waals surface area contributed by atoms with Crippen molar-refractivity contribution in [2.45, 2.75) is 43.2 Å². The molecule has 0 aromatic heterocycles. The first-order valence-corrected chi connectivity index (χ1v) is 8.44. The molecule has 118 valence electrons. The van der Waals surface area contributed by atoms with Crippen molar-refractivity contribution in [2.24, 2.45) is 0 Å². The normalized spacial score (nSPS) is 26.2. The lowest BCUT2D eigenvalue weighted by molar-refractivity contribution is 0.334. The van der Waals surface area contributed by atoms with Gasteiger partial charge in [-0.2, -0.15) is 4.31 Å². The molecule has 2 aliphatic heterocycles. The van der Waals surface area contributed by atoms with Crippen LogP contribution in [0.2, 0.25) is 0 Å². The lowest BCUT2D eigenvalue weighted by Gasteiger charge is -2.27. The van der Waals surface area contributed by atoms with Gasteiger partial charge in [0, 0.05) is 18.6 Å². The van der Waals surface area contributed by atoms with Crippen molar-refractivity contribution >= 4 is 22.4 Å². The van der Waals surface area contributed by atoms with Crippen LogP contribution < -0.4 is 5.32 Å². The highest BCUT2D eigenvalue weighted by Crippen LogP contribution is 2.34. The second-order valence-corrected chi connectivity index (χ2v) is 7.43. The molecular weight excluding hydrogens is 315 g/mol. The van der Waals surface area contributed by atoms with E-state index < -0.39 is 15.8 Å². The van der Waals surface area contributed by atoms with Gasteiger partial charge in [0.1, 0.15) is 5.82 Å². The van der Waals surface area contributed by atoms with Crippen LogP contribution in [0, 0.1) is 12.7 Å². The van der Waals surface area contributed by atoms with Gasteiger partial charge in [0.2, 0.25) is 10.0 Å². The van der Waals surface area contributed by atoms with Crippen LogP contribution in [0.1, 0.15) is 24.8 Å². The molecule has 4 nitrogen and oxygen atoms in total. The summed E-state index contributed by atoms with van der Waals surface area (Å²) in [5.74, 6) is -0.401. The molecule has 0 saturated carbocycles. The first kappa shape index (κ1) is 16.7. The molecule has 1 aromatic carbocycles. The molecular formula is C14H20ClFN2O2S. The highest BCUT2D eigenvalue weighted by molar-refractivity contribution is 7.89. The number of rotatable bonds is 2. The summed E-state index contributed by atoms with van der Waals surface area (Å²) in [5.41, 5.74) is 0.474. The fourth-order valence-corrected chi connectivity index (χ4v) is 5.46. The van der Waals surface area contributed by atoms with Gasteiger partial charge in [-0.1, -0.05) is 0 Å². The highest BCUT2D eigenvalue weighted by atomic mass is 35.5. The minimum atomic E-state index is -3.54. The predicted octanol–water partition coefficient (Wildman–Crippen LogP) is 2.07. The molecule has 2 aliphatic rings. The van der Waals surface area contributed by atoms with Gasteiger partial charge in [-0.25, -0.2) is 12.8 Å². The minimum absolute atomic E-state index is 0. The standard InChI is InChI=1S/C14H19FN2O2S.ClH/c1-10-8-11(15)2-5-14(10)20(18,19)17-12-3-4-13(17)9-16-7-6-12;/h2,5,8,12-13,16H,3-4,6-7,9H2,1H3;1H. The molecule has 0 amide bonds. The van der Waals surface area contributed by atoms with Crippen molar-refractivity contribution in [1.82, 2.24) is 9.62 Å². The highest BCUT2D eigenvalue weighted by Gasteiger charge is 2.43. The molecule has 7 heteroatoms. The Labute approximate surface area is 131 Å². The summed E-state index contributed by atoms with van der Waals surface area (Å²) >= 11 is 0. The quantitative estimate of drug-likeness (QED) is 0.900. The number of aryl methyl sites for hydroxylation is 1. The molecule has 2 heterocycles. The summed E-state index contributed by atoms with van der Waals surface area (Å²) in [4.78, 5) is 0.234. The van der Waals surface area contributed by atoms with Gasteiger partial charge in [-0.15, -0.1) is 12.4 Å². The first-order valence-electron chi connectivity index (χ1n) is 7.00. The van der Waals surface area contributed by atoms with Gasteiger partial charge in [-0.05, 0) is 56.5 Å². The number of sulfonamides is 1. The topological polar surface area (TPSA) is 49.4 Å². The van der Waals surface area contributed by atoms with E-state index in [4.69, 9.17) is 0 Å². The molecule has 2 saturated heterocycles. The number of nitrogens with one attached hydrogen (secondary N) is 1. The van der Waals surface area contributed by atoms with Crippen LogP contribution in [0.25, 0.3) is 0 Å². The number of halogens is 2. The third kappa shape index (κ3) is 2.95. The summed E-state index contributed by atoms with van der Waals surface area (Å²) in [5, 5.41) is 3.29. The second kappa shape index (κ2) is 6.20. The number of nitrogens with zero attached hydrogens (tertiary/aromatic N) is 1. The SMILES string of the molecule is Cc1cc(F)ccc1S(=O)(=O)N1C2CCNCC1CC2.Cl. The Kier molecular flexibility index (Phi) is 4.92. The van der Waals surface area contributed by atoms with E-state index >= 15 is 0 Å². The zero-order valence-corrected chi connectivity index (χ0v) is 13.5. The molecule has 1 aromatic rings. The van der Waals surface area contributed by atoms with E-state index in [9.17, 15) is 12.8 Å². The lowest BCUT2D eigenvalue weighted by Crippen LogP contribution is -2.42. The van der Waals surface area contributed by atoms with Crippen LogP contribution in [-0.4, -0.2) is 37.9 Å². The predicted molar refractivity (Wildman–Crippen MR) is 81.7 cm³/mol. The smallest absolute Gasteiger partial charge is 0.243 e. The van der Waals surface area contributed by atoms with Crippen LogP contribution in [0.5, 0.6) is 0 Å². The van der Waals surface area contributed by atoms with Crippen molar-refractivity contribution in [3.63, 3.8) is 0 Å². The Morgan fingerprint density at radius 2 is 1.95 bits per heavy atom. The molecule has 2 atom stereocenters. The monoisotopic (exact) mass is 334 g/mol. The molecule has 2 bridgehead atoms. The van der Waals surface area contributed by atoms with Gasteiger partial charge < -0.3 is 5.32 Å². The van der Waals surface area contributed by atoms with Gasteiger partial charge in [-0.3, -0.25) is 0 Å². The molecule has 2 fully saturated rings. The van der Waals surface area contributed by atoms with Crippen molar-refractivity contribution in [3.8, 4) is 0 Å². The van der Waals surface area contributed by atoms with Gasteiger partial charge in [0.05, 0.1) is 4.90 Å². The summed E-state index contributed by atoms with van der Waals surface area (Å²) in [7, 11) is -3.54. The largest absolute Gasteiger partial charge is 0.315 e. The third-order valence-electron chi connectivity index (χ3n) is 4.28. The summed E-state index contributed by atoms with van der Waals surface area (Å²) in [6.07, 6.45) is 2.67. The Bertz CT molecular complexity index is 609. The molecule has 2 unspecified atom stereocenters. The van der Waals surface area contributed by atoms with Crippen LogP contribution in [0.4, 0.5) is 4.39 Å². The average molecular weight is 335 g/mol. The second-order valence-electron chi connectivity index (χ2n) is 5.62. The lowest BCUT2D eigenvalue weighted by atomic mass is 10.1. The van der Waals surface area contributed by atoms with Gasteiger partial charge in [0.25, 0.3) is 0 Å². The summed E-state index contributed by atoms with van der Waals surface area (Å²) in [6, 6.07) is 3.99. The van der Waals surface area contributed by atoms with Crippen molar-refractivity contribution in [2.75, 3.05) is 13.1 Å². The number of hydrogen-bond donors (Lipinski definition) is 1. The maximum Gasteiger partial charge on any atom is 0.243 e. The molecule has 3 rings (SSSR count). The van der Waals surface area contributed by atoms with Gasteiger partial charge in [0.15, 0.2) is 0 Å². The summed E-state index contributed by atoms with van der Waals surface area (Å²) < 4.78 is 40.7.